The fourth-order valence-electron chi connectivity index (χ4n) is 4.23. The van der Waals surface area contributed by atoms with E-state index in [0.29, 0.717) is 35.3 Å². The largest absolute Gasteiger partial charge is 0.497 e. The normalized spacial score (nSPS) is 17.5. The molecule has 1 saturated carbocycles. The lowest BCUT2D eigenvalue weighted by Crippen LogP contribution is -2.13. The minimum Gasteiger partial charge on any atom is -0.497 e. The van der Waals surface area contributed by atoms with Crippen LogP contribution in [0.3, 0.4) is 0 Å². The molecule has 0 radical (unpaired) electrons. The third-order valence-electron chi connectivity index (χ3n) is 5.81. The van der Waals surface area contributed by atoms with Gasteiger partial charge in [0, 0.05) is 17.5 Å². The summed E-state index contributed by atoms with van der Waals surface area (Å²) in [6.45, 7) is 4.51. The molecule has 1 aliphatic rings. The fraction of sp³-hybridized carbons (Fsp3) is 0.360. The Balaban J connectivity index is 1.77. The number of carboxylic acid groups (broad SMARTS) is 1. The zero-order valence-corrected chi connectivity index (χ0v) is 17.9. The van der Waals surface area contributed by atoms with Gasteiger partial charge in [0.1, 0.15) is 22.8 Å². The number of carboxylic acids is 1. The summed E-state index contributed by atoms with van der Waals surface area (Å²) in [6, 6.07) is 10.3. The third-order valence-corrected chi connectivity index (χ3v) is 5.81. The van der Waals surface area contributed by atoms with Crippen LogP contribution >= 0.6 is 0 Å². The zero-order valence-electron chi connectivity index (χ0n) is 17.9. The van der Waals surface area contributed by atoms with Crippen molar-refractivity contribution in [1.82, 2.24) is 0 Å². The first-order valence-electron chi connectivity index (χ1n) is 10.6. The van der Waals surface area contributed by atoms with E-state index in [0.717, 1.165) is 29.9 Å². The van der Waals surface area contributed by atoms with Gasteiger partial charge in [-0.05, 0) is 55.5 Å². The van der Waals surface area contributed by atoms with Crippen LogP contribution in [-0.2, 0) is 6.42 Å². The van der Waals surface area contributed by atoms with Crippen molar-refractivity contribution in [3.05, 3.63) is 69.1 Å². The first-order valence-corrected chi connectivity index (χ1v) is 10.6. The van der Waals surface area contributed by atoms with Gasteiger partial charge >= 0.3 is 5.97 Å². The first kappa shape index (κ1) is 21.0. The maximum Gasteiger partial charge on any atom is 0.335 e. The summed E-state index contributed by atoms with van der Waals surface area (Å²) in [6.07, 6.45) is 2.26. The van der Waals surface area contributed by atoms with Crippen molar-refractivity contribution < 1.29 is 23.8 Å². The maximum absolute atomic E-state index is 13.2. The number of carbonyl (C=O) groups is 1. The molecule has 1 aliphatic carbocycles. The summed E-state index contributed by atoms with van der Waals surface area (Å²) in [5.41, 5.74) is 2.11. The van der Waals surface area contributed by atoms with Crippen molar-refractivity contribution in [1.29, 1.82) is 0 Å². The summed E-state index contributed by atoms with van der Waals surface area (Å²) >= 11 is 0. The number of fused-ring (bicyclic) bond motifs is 1. The molecule has 2 aromatic carbocycles. The van der Waals surface area contributed by atoms with E-state index >= 15 is 0 Å². The highest BCUT2D eigenvalue weighted by molar-refractivity contribution is 5.92. The average molecular weight is 422 g/mol. The van der Waals surface area contributed by atoms with Gasteiger partial charge in [-0.1, -0.05) is 19.4 Å². The molecular weight excluding hydrogens is 396 g/mol. The van der Waals surface area contributed by atoms with Crippen LogP contribution in [0.2, 0.25) is 0 Å². The van der Waals surface area contributed by atoms with Gasteiger partial charge in [-0.3, -0.25) is 4.79 Å². The predicted octanol–water partition coefficient (Wildman–Crippen LogP) is 5.12. The highest BCUT2D eigenvalue weighted by atomic mass is 16.5. The van der Waals surface area contributed by atoms with Gasteiger partial charge in [-0.15, -0.1) is 0 Å². The summed E-state index contributed by atoms with van der Waals surface area (Å²) in [7, 11) is 1.63. The second kappa shape index (κ2) is 8.46. The molecule has 3 aromatic rings. The van der Waals surface area contributed by atoms with Gasteiger partial charge in [0.15, 0.2) is 5.43 Å². The van der Waals surface area contributed by atoms with Crippen molar-refractivity contribution in [2.45, 2.75) is 44.9 Å². The molecule has 0 bridgehead atoms. The van der Waals surface area contributed by atoms with E-state index < -0.39 is 5.97 Å². The lowest BCUT2D eigenvalue weighted by molar-refractivity contribution is 0.0697. The zero-order chi connectivity index (χ0) is 22.1. The first-order chi connectivity index (χ1) is 15.0. The Labute approximate surface area is 180 Å². The van der Waals surface area contributed by atoms with E-state index in [2.05, 4.69) is 0 Å². The van der Waals surface area contributed by atoms with Crippen molar-refractivity contribution in [2.75, 3.05) is 13.7 Å². The van der Waals surface area contributed by atoms with Gasteiger partial charge in [-0.25, -0.2) is 4.79 Å². The molecule has 0 amide bonds. The van der Waals surface area contributed by atoms with Crippen LogP contribution < -0.4 is 14.9 Å². The van der Waals surface area contributed by atoms with Gasteiger partial charge < -0.3 is 19.0 Å². The van der Waals surface area contributed by atoms with Crippen molar-refractivity contribution in [3.63, 3.8) is 0 Å². The van der Waals surface area contributed by atoms with E-state index in [1.807, 2.05) is 32.0 Å². The van der Waals surface area contributed by atoms with Gasteiger partial charge in [-0.2, -0.15) is 0 Å². The van der Waals surface area contributed by atoms with Crippen LogP contribution in [-0.4, -0.2) is 24.8 Å². The van der Waals surface area contributed by atoms with E-state index in [1.165, 1.54) is 12.1 Å². The number of benzene rings is 2. The second-order valence-electron chi connectivity index (χ2n) is 7.83. The number of hydrogen-bond donors (Lipinski definition) is 1. The number of ether oxygens (including phenoxy) is 2. The monoisotopic (exact) mass is 422 g/mol. The third kappa shape index (κ3) is 3.90. The van der Waals surface area contributed by atoms with E-state index in [4.69, 9.17) is 13.9 Å². The van der Waals surface area contributed by atoms with E-state index in [9.17, 15) is 14.7 Å². The molecule has 6 heteroatoms. The fourth-order valence-corrected chi connectivity index (χ4v) is 4.23. The number of rotatable bonds is 8. The van der Waals surface area contributed by atoms with Crippen molar-refractivity contribution in [3.8, 4) is 11.5 Å². The van der Waals surface area contributed by atoms with Gasteiger partial charge in [0.05, 0.1) is 24.7 Å². The predicted molar refractivity (Wildman–Crippen MR) is 118 cm³/mol. The highest BCUT2D eigenvalue weighted by Crippen LogP contribution is 2.57. The van der Waals surface area contributed by atoms with Crippen LogP contribution in [0, 0.1) is 0 Å². The minimum atomic E-state index is -1.06. The van der Waals surface area contributed by atoms with Crippen LogP contribution in [0.4, 0.5) is 0 Å². The molecule has 0 spiro atoms. The SMILES string of the molecule is CCCc1c(C2CC2c2ccc(OC)cc2OCC)oc2ccc(C(=O)O)cc2c1=O. The molecule has 2 unspecified atom stereocenters. The minimum absolute atomic E-state index is 0.0823. The topological polar surface area (TPSA) is 86.0 Å². The summed E-state index contributed by atoms with van der Waals surface area (Å²) in [5.74, 6) is 1.47. The second-order valence-corrected chi connectivity index (χ2v) is 7.83. The molecule has 1 N–H and O–H groups in total. The molecule has 6 nitrogen and oxygen atoms in total. The van der Waals surface area contributed by atoms with Crippen LogP contribution in [0.1, 0.15) is 65.8 Å². The molecule has 31 heavy (non-hydrogen) atoms. The lowest BCUT2D eigenvalue weighted by atomic mass is 10.00. The molecule has 0 aliphatic heterocycles. The van der Waals surface area contributed by atoms with Gasteiger partial charge in [0.2, 0.25) is 0 Å². The molecular formula is C25H26O6. The van der Waals surface area contributed by atoms with Gasteiger partial charge in [0.25, 0.3) is 0 Å². The highest BCUT2D eigenvalue weighted by Gasteiger charge is 2.45. The molecule has 0 saturated heterocycles. The smallest absolute Gasteiger partial charge is 0.335 e. The quantitative estimate of drug-likeness (QED) is 0.542. The summed E-state index contributed by atoms with van der Waals surface area (Å²) in [4.78, 5) is 24.6. The Kier molecular flexibility index (Phi) is 5.72. The Morgan fingerprint density at radius 1 is 1.16 bits per heavy atom. The lowest BCUT2D eigenvalue weighted by Gasteiger charge is -2.13. The van der Waals surface area contributed by atoms with E-state index in [-0.39, 0.29) is 22.8 Å². The molecule has 162 valence electrons. The average Bonchev–Trinajstić information content (AvgIpc) is 3.56. The summed E-state index contributed by atoms with van der Waals surface area (Å²) in [5, 5.41) is 9.60. The number of aromatic carboxylic acids is 1. The van der Waals surface area contributed by atoms with Crippen molar-refractivity contribution in [2.24, 2.45) is 0 Å². The molecule has 1 aromatic heterocycles. The Hall–Kier alpha value is -3.28. The van der Waals surface area contributed by atoms with E-state index in [1.54, 1.807) is 13.2 Å². The Bertz CT molecular complexity index is 1190. The van der Waals surface area contributed by atoms with Crippen LogP contribution in [0.15, 0.2) is 45.6 Å². The standard InChI is InChI=1S/C25H26O6/c1-4-6-17-23(26)20-11-14(25(27)28)7-10-21(20)31-24(17)19-13-18(19)16-9-8-15(29-3)12-22(16)30-5-2/h7-12,18-19H,4-6,13H2,1-3H3,(H,27,28). The molecule has 4 rings (SSSR count). The Morgan fingerprint density at radius 3 is 2.65 bits per heavy atom. The van der Waals surface area contributed by atoms with Crippen LogP contribution in [0.5, 0.6) is 11.5 Å². The molecule has 1 fully saturated rings. The molecule has 2 atom stereocenters. The van der Waals surface area contributed by atoms with Crippen LogP contribution in [0.25, 0.3) is 11.0 Å². The summed E-state index contributed by atoms with van der Waals surface area (Å²) < 4.78 is 17.4. The number of methoxy groups -OCH3 is 1. The number of hydrogen-bond acceptors (Lipinski definition) is 5. The maximum atomic E-state index is 13.2. The molecule has 1 heterocycles. The Morgan fingerprint density at radius 2 is 1.97 bits per heavy atom. The van der Waals surface area contributed by atoms with Crippen molar-refractivity contribution >= 4 is 16.9 Å².